The number of carbonyl (C=O) groups excluding carboxylic acids is 1. The average Bonchev–Trinajstić information content (AvgIpc) is 2.77. The molecule has 0 aliphatic rings. The van der Waals surface area contributed by atoms with Gasteiger partial charge in [-0.05, 0) is 32.4 Å². The molecule has 0 fully saturated rings. The lowest BCUT2D eigenvalue weighted by molar-refractivity contribution is -0.119. The summed E-state index contributed by atoms with van der Waals surface area (Å²) in [5, 5.41) is 4.06. The third-order valence-corrected chi connectivity index (χ3v) is 5.14. The van der Waals surface area contributed by atoms with E-state index in [1.807, 2.05) is 30.3 Å². The summed E-state index contributed by atoms with van der Waals surface area (Å²) >= 11 is 0. The SMILES string of the molecule is Cc1nn(C)c(C)c1S(=O)(=O)NC(=O)CCCOc1ccccc1. The van der Waals surface area contributed by atoms with E-state index in [2.05, 4.69) is 9.82 Å². The van der Waals surface area contributed by atoms with E-state index in [1.165, 1.54) is 4.68 Å². The Bertz CT molecular complexity index is 813. The maximum Gasteiger partial charge on any atom is 0.267 e. The molecular weight excluding hydrogens is 330 g/mol. The fourth-order valence-corrected chi connectivity index (χ4v) is 3.79. The van der Waals surface area contributed by atoms with Crippen molar-refractivity contribution in [2.24, 2.45) is 7.05 Å². The average molecular weight is 351 g/mol. The molecule has 7 nitrogen and oxygen atoms in total. The second kappa shape index (κ2) is 7.48. The minimum Gasteiger partial charge on any atom is -0.494 e. The molecule has 0 unspecified atom stereocenters. The van der Waals surface area contributed by atoms with Crippen molar-refractivity contribution in [1.82, 2.24) is 14.5 Å². The molecule has 0 radical (unpaired) electrons. The number of nitrogens with one attached hydrogen (secondary N) is 1. The van der Waals surface area contributed by atoms with Crippen molar-refractivity contribution in [1.29, 1.82) is 0 Å². The molecule has 0 spiro atoms. The van der Waals surface area contributed by atoms with Gasteiger partial charge in [0.2, 0.25) is 5.91 Å². The molecule has 8 heteroatoms. The fourth-order valence-electron chi connectivity index (χ4n) is 2.33. The van der Waals surface area contributed by atoms with Crippen LogP contribution in [0, 0.1) is 13.8 Å². The zero-order valence-electron chi connectivity index (χ0n) is 13.9. The van der Waals surface area contributed by atoms with Crippen molar-refractivity contribution < 1.29 is 17.9 Å². The normalized spacial score (nSPS) is 11.3. The first kappa shape index (κ1) is 18.0. The minimum atomic E-state index is -3.91. The smallest absolute Gasteiger partial charge is 0.267 e. The number of rotatable bonds is 7. The van der Waals surface area contributed by atoms with E-state index in [0.717, 1.165) is 0 Å². The second-order valence-corrected chi connectivity index (χ2v) is 7.04. The van der Waals surface area contributed by atoms with Gasteiger partial charge >= 0.3 is 0 Å². The van der Waals surface area contributed by atoms with Crippen LogP contribution in [0.1, 0.15) is 24.2 Å². The lowest BCUT2D eigenvalue weighted by Gasteiger charge is -2.08. The van der Waals surface area contributed by atoms with E-state index in [9.17, 15) is 13.2 Å². The minimum absolute atomic E-state index is 0.0545. The Morgan fingerprint density at radius 2 is 1.92 bits per heavy atom. The van der Waals surface area contributed by atoms with Crippen LogP contribution in [0.25, 0.3) is 0 Å². The molecule has 1 amide bonds. The van der Waals surface area contributed by atoms with E-state index in [1.54, 1.807) is 20.9 Å². The van der Waals surface area contributed by atoms with Crippen LogP contribution < -0.4 is 9.46 Å². The number of para-hydroxylation sites is 1. The molecule has 24 heavy (non-hydrogen) atoms. The van der Waals surface area contributed by atoms with E-state index in [-0.39, 0.29) is 11.3 Å². The standard InChI is InChI=1S/C16H21N3O4S/c1-12-16(13(2)19(3)17-12)24(21,22)18-15(20)10-7-11-23-14-8-5-4-6-9-14/h4-6,8-9H,7,10-11H2,1-3H3,(H,18,20). The monoisotopic (exact) mass is 351 g/mol. The zero-order valence-corrected chi connectivity index (χ0v) is 14.8. The van der Waals surface area contributed by atoms with Crippen LogP contribution in [0.2, 0.25) is 0 Å². The molecule has 1 N–H and O–H groups in total. The summed E-state index contributed by atoms with van der Waals surface area (Å²) in [6.07, 6.45) is 0.478. The number of hydrogen-bond acceptors (Lipinski definition) is 5. The number of amides is 1. The Hall–Kier alpha value is -2.35. The predicted octanol–water partition coefficient (Wildman–Crippen LogP) is 1.70. The zero-order chi connectivity index (χ0) is 17.7. The number of hydrogen-bond donors (Lipinski definition) is 1. The van der Waals surface area contributed by atoms with Crippen LogP contribution >= 0.6 is 0 Å². The molecule has 0 aliphatic heterocycles. The quantitative estimate of drug-likeness (QED) is 0.767. The van der Waals surface area contributed by atoms with Crippen molar-refractivity contribution in [3.8, 4) is 5.75 Å². The van der Waals surface area contributed by atoms with Gasteiger partial charge in [0.25, 0.3) is 10.0 Å². The highest BCUT2D eigenvalue weighted by Gasteiger charge is 2.25. The molecule has 2 rings (SSSR count). The summed E-state index contributed by atoms with van der Waals surface area (Å²) in [5.74, 6) is 0.154. The van der Waals surface area contributed by atoms with Gasteiger partial charge < -0.3 is 4.74 Å². The number of aromatic nitrogens is 2. The molecule has 1 aromatic heterocycles. The van der Waals surface area contributed by atoms with Gasteiger partial charge in [-0.3, -0.25) is 9.48 Å². The maximum absolute atomic E-state index is 12.3. The third-order valence-electron chi connectivity index (χ3n) is 3.52. The topological polar surface area (TPSA) is 90.3 Å². The lowest BCUT2D eigenvalue weighted by Crippen LogP contribution is -2.31. The van der Waals surface area contributed by atoms with E-state index in [0.29, 0.717) is 30.2 Å². The third kappa shape index (κ3) is 4.35. The summed E-state index contributed by atoms with van der Waals surface area (Å²) in [5.41, 5.74) is 0.850. The highest BCUT2D eigenvalue weighted by atomic mass is 32.2. The number of sulfonamides is 1. The summed E-state index contributed by atoms with van der Waals surface area (Å²) in [7, 11) is -2.26. The highest BCUT2D eigenvalue weighted by molar-refractivity contribution is 7.90. The molecule has 130 valence electrons. The van der Waals surface area contributed by atoms with Crippen LogP contribution in [-0.4, -0.2) is 30.7 Å². The highest BCUT2D eigenvalue weighted by Crippen LogP contribution is 2.18. The van der Waals surface area contributed by atoms with Gasteiger partial charge in [0.1, 0.15) is 10.6 Å². The number of ether oxygens (including phenoxy) is 1. The van der Waals surface area contributed by atoms with Gasteiger partial charge in [-0.15, -0.1) is 0 Å². The van der Waals surface area contributed by atoms with Crippen molar-refractivity contribution in [3.05, 3.63) is 41.7 Å². The van der Waals surface area contributed by atoms with Gasteiger partial charge in [0, 0.05) is 13.5 Å². The summed E-state index contributed by atoms with van der Waals surface area (Å²) < 4.78 is 33.7. The van der Waals surface area contributed by atoms with Gasteiger partial charge in [-0.1, -0.05) is 18.2 Å². The Kier molecular flexibility index (Phi) is 5.61. The lowest BCUT2D eigenvalue weighted by atomic mass is 10.3. The van der Waals surface area contributed by atoms with E-state index < -0.39 is 15.9 Å². The Balaban J connectivity index is 1.87. The molecule has 0 saturated heterocycles. The Labute approximate surface area is 141 Å². The van der Waals surface area contributed by atoms with E-state index >= 15 is 0 Å². The number of benzene rings is 1. The number of carbonyl (C=O) groups is 1. The summed E-state index contributed by atoms with van der Waals surface area (Å²) in [4.78, 5) is 12.0. The second-order valence-electron chi connectivity index (χ2n) is 5.42. The Morgan fingerprint density at radius 3 is 2.50 bits per heavy atom. The summed E-state index contributed by atoms with van der Waals surface area (Å²) in [6.45, 7) is 3.58. The van der Waals surface area contributed by atoms with Crippen molar-refractivity contribution in [2.75, 3.05) is 6.61 Å². The van der Waals surface area contributed by atoms with Crippen LogP contribution in [0.5, 0.6) is 5.75 Å². The van der Waals surface area contributed by atoms with Crippen LogP contribution in [0.15, 0.2) is 35.2 Å². The first-order valence-electron chi connectivity index (χ1n) is 7.55. The Morgan fingerprint density at radius 1 is 1.25 bits per heavy atom. The number of aryl methyl sites for hydroxylation is 2. The first-order chi connectivity index (χ1) is 11.3. The van der Waals surface area contributed by atoms with Crippen LogP contribution in [-0.2, 0) is 21.9 Å². The molecular formula is C16H21N3O4S. The van der Waals surface area contributed by atoms with Gasteiger partial charge in [-0.2, -0.15) is 5.10 Å². The molecule has 1 aromatic carbocycles. The number of nitrogens with zero attached hydrogens (tertiary/aromatic N) is 2. The molecule has 0 aliphatic carbocycles. The van der Waals surface area contributed by atoms with Crippen LogP contribution in [0.4, 0.5) is 0 Å². The van der Waals surface area contributed by atoms with Crippen LogP contribution in [0.3, 0.4) is 0 Å². The van der Waals surface area contributed by atoms with Crippen molar-refractivity contribution >= 4 is 15.9 Å². The van der Waals surface area contributed by atoms with Crippen molar-refractivity contribution in [2.45, 2.75) is 31.6 Å². The summed E-state index contributed by atoms with van der Waals surface area (Å²) in [6, 6.07) is 9.23. The van der Waals surface area contributed by atoms with Gasteiger partial charge in [0.15, 0.2) is 0 Å². The molecule has 0 saturated carbocycles. The van der Waals surface area contributed by atoms with Gasteiger partial charge in [0.05, 0.1) is 18.0 Å². The predicted molar refractivity (Wildman–Crippen MR) is 89.2 cm³/mol. The fraction of sp³-hybridized carbons (Fsp3) is 0.375. The van der Waals surface area contributed by atoms with Gasteiger partial charge in [-0.25, -0.2) is 13.1 Å². The molecule has 1 heterocycles. The molecule has 0 atom stereocenters. The maximum atomic E-state index is 12.3. The molecule has 2 aromatic rings. The largest absolute Gasteiger partial charge is 0.494 e. The molecule has 0 bridgehead atoms. The first-order valence-corrected chi connectivity index (χ1v) is 9.03. The van der Waals surface area contributed by atoms with Crippen molar-refractivity contribution in [3.63, 3.8) is 0 Å². The van der Waals surface area contributed by atoms with E-state index in [4.69, 9.17) is 4.74 Å².